The number of carbonyl (C=O) groups excluding carboxylic acids is 2. The largest absolute Gasteiger partial charge is 0.392 e. The normalized spacial score (nSPS) is 12.5. The molecule has 0 amide bonds. The number of nitrogens with zero attached hydrogens (tertiary/aromatic N) is 1. The van der Waals surface area contributed by atoms with Crippen LogP contribution in [-0.2, 0) is 0 Å². The fraction of sp³-hybridized carbons (Fsp3) is 0.500. The predicted molar refractivity (Wildman–Crippen MR) is 124 cm³/mol. The van der Waals surface area contributed by atoms with Gasteiger partial charge in [0.05, 0.1) is 23.4 Å². The first-order valence-corrected chi connectivity index (χ1v) is 12.5. The Labute approximate surface area is 191 Å². The first kappa shape index (κ1) is 23.9. The van der Waals surface area contributed by atoms with E-state index in [1.54, 1.807) is 6.92 Å². The molecule has 2 heterocycles. The maximum Gasteiger partial charge on any atom is 0.174 e. The van der Waals surface area contributed by atoms with E-state index in [4.69, 9.17) is 0 Å². The minimum absolute atomic E-state index is 0.138. The molecule has 8 heteroatoms. The zero-order valence-electron chi connectivity index (χ0n) is 15.8. The second kappa shape index (κ2) is 12.3. The third kappa shape index (κ3) is 8.55. The van der Waals surface area contributed by atoms with E-state index < -0.39 is 6.10 Å². The summed E-state index contributed by atoms with van der Waals surface area (Å²) in [4.78, 5) is 28.1. The van der Waals surface area contributed by atoms with E-state index in [0.717, 1.165) is 43.1 Å². The molecule has 0 saturated carbocycles. The molecule has 28 heavy (non-hydrogen) atoms. The van der Waals surface area contributed by atoms with Gasteiger partial charge in [-0.05, 0) is 82.4 Å². The lowest BCUT2D eigenvalue weighted by atomic mass is 10.1. The summed E-state index contributed by atoms with van der Waals surface area (Å²) in [5.41, 5.74) is 0. The fourth-order valence-electron chi connectivity index (χ4n) is 2.90. The van der Waals surface area contributed by atoms with E-state index in [2.05, 4.69) is 36.8 Å². The van der Waals surface area contributed by atoms with Crippen molar-refractivity contribution >= 4 is 66.1 Å². The average Bonchev–Trinajstić information content (AvgIpc) is 3.26. The highest BCUT2D eigenvalue weighted by molar-refractivity contribution is 9.11. The quantitative estimate of drug-likeness (QED) is 0.244. The minimum Gasteiger partial charge on any atom is -0.392 e. The third-order valence-electron chi connectivity index (χ3n) is 4.25. The summed E-state index contributed by atoms with van der Waals surface area (Å²) in [6.45, 7) is 3.79. The number of hydrogen-bond donors (Lipinski definition) is 1. The van der Waals surface area contributed by atoms with Gasteiger partial charge in [-0.3, -0.25) is 9.59 Å². The summed E-state index contributed by atoms with van der Waals surface area (Å²) in [6, 6.07) is 7.51. The molecule has 154 valence electrons. The highest BCUT2D eigenvalue weighted by Crippen LogP contribution is 2.24. The molecule has 1 N–H and O–H groups in total. The van der Waals surface area contributed by atoms with Crippen molar-refractivity contribution in [3.8, 4) is 0 Å². The van der Waals surface area contributed by atoms with Crippen LogP contribution in [-0.4, -0.2) is 47.3 Å². The van der Waals surface area contributed by atoms with Gasteiger partial charge in [-0.2, -0.15) is 0 Å². The number of thiophene rings is 2. The van der Waals surface area contributed by atoms with Crippen LogP contribution in [0.15, 0.2) is 31.8 Å². The molecular weight excluding hydrogens is 526 g/mol. The van der Waals surface area contributed by atoms with Crippen molar-refractivity contribution in [3.63, 3.8) is 0 Å². The molecule has 0 fully saturated rings. The Hall–Kier alpha value is -0.380. The number of ketones is 2. The predicted octanol–water partition coefficient (Wildman–Crippen LogP) is 6.03. The standard InChI is InChI=1S/C20H25Br2NO3S2/c1-14(24)13-23(12-10-16(26)18-7-9-20(22)28-18)11-4-2-3-5-15(25)17-6-8-19(21)27-17/h6-9,14,24H,2-5,10-13H2,1H3. The number of hydrogen-bond acceptors (Lipinski definition) is 6. The summed E-state index contributed by atoms with van der Waals surface area (Å²) < 4.78 is 1.94. The molecule has 0 aliphatic heterocycles. The van der Waals surface area contributed by atoms with Crippen LogP contribution in [0.25, 0.3) is 0 Å². The number of rotatable bonds is 13. The topological polar surface area (TPSA) is 57.6 Å². The van der Waals surface area contributed by atoms with Crippen LogP contribution in [0.1, 0.15) is 58.4 Å². The van der Waals surface area contributed by atoms with Crippen LogP contribution < -0.4 is 0 Å². The highest BCUT2D eigenvalue weighted by atomic mass is 79.9. The Morgan fingerprint density at radius 3 is 2.00 bits per heavy atom. The molecule has 0 aromatic carbocycles. The van der Waals surface area contributed by atoms with Gasteiger partial charge in [-0.1, -0.05) is 6.42 Å². The number of aliphatic hydroxyl groups is 1. The highest BCUT2D eigenvalue weighted by Gasteiger charge is 2.14. The summed E-state index contributed by atoms with van der Waals surface area (Å²) in [7, 11) is 0. The Morgan fingerprint density at radius 1 is 0.929 bits per heavy atom. The third-order valence-corrected chi connectivity index (χ3v) is 7.58. The molecule has 1 atom stereocenters. The van der Waals surface area contributed by atoms with Gasteiger partial charge in [0.2, 0.25) is 0 Å². The van der Waals surface area contributed by atoms with Crippen LogP contribution in [0.4, 0.5) is 0 Å². The van der Waals surface area contributed by atoms with Crippen molar-refractivity contribution in [2.45, 2.75) is 45.1 Å². The van der Waals surface area contributed by atoms with Crippen molar-refractivity contribution in [2.75, 3.05) is 19.6 Å². The van der Waals surface area contributed by atoms with Crippen LogP contribution in [0, 0.1) is 0 Å². The molecule has 0 saturated heterocycles. The van der Waals surface area contributed by atoms with Crippen molar-refractivity contribution in [1.29, 1.82) is 0 Å². The second-order valence-electron chi connectivity index (χ2n) is 6.76. The monoisotopic (exact) mass is 549 g/mol. The van der Waals surface area contributed by atoms with E-state index >= 15 is 0 Å². The van der Waals surface area contributed by atoms with E-state index in [1.807, 2.05) is 24.3 Å². The fourth-order valence-corrected chi connectivity index (χ4v) is 5.61. The van der Waals surface area contributed by atoms with Crippen molar-refractivity contribution in [1.82, 2.24) is 4.90 Å². The maximum atomic E-state index is 12.3. The average molecular weight is 551 g/mol. The van der Waals surface area contributed by atoms with E-state index in [1.165, 1.54) is 22.7 Å². The molecular formula is C20H25Br2NO3S2. The van der Waals surface area contributed by atoms with E-state index in [0.29, 0.717) is 25.9 Å². The number of Topliss-reactive ketones (excluding diaryl/α,β-unsaturated/α-hetero) is 2. The van der Waals surface area contributed by atoms with Crippen LogP contribution in [0.2, 0.25) is 0 Å². The van der Waals surface area contributed by atoms with Gasteiger partial charge in [0.15, 0.2) is 11.6 Å². The number of unbranched alkanes of at least 4 members (excludes halogenated alkanes) is 2. The number of aliphatic hydroxyl groups excluding tert-OH is 1. The molecule has 2 aromatic heterocycles. The molecule has 0 bridgehead atoms. The van der Waals surface area contributed by atoms with Gasteiger partial charge in [0, 0.05) is 25.9 Å². The lowest BCUT2D eigenvalue weighted by molar-refractivity contribution is 0.0925. The van der Waals surface area contributed by atoms with Crippen molar-refractivity contribution < 1.29 is 14.7 Å². The number of halogens is 2. The number of carbonyl (C=O) groups is 2. The summed E-state index contributed by atoms with van der Waals surface area (Å²) in [5.74, 6) is 0.336. The molecule has 4 nitrogen and oxygen atoms in total. The minimum atomic E-state index is -0.426. The van der Waals surface area contributed by atoms with Gasteiger partial charge >= 0.3 is 0 Å². The summed E-state index contributed by atoms with van der Waals surface area (Å²) in [6.07, 6.45) is 3.36. The zero-order valence-corrected chi connectivity index (χ0v) is 20.6. The second-order valence-corrected chi connectivity index (χ2v) is 11.7. The van der Waals surface area contributed by atoms with Gasteiger partial charge in [-0.25, -0.2) is 0 Å². The molecule has 0 aliphatic carbocycles. The molecule has 2 rings (SSSR count). The van der Waals surface area contributed by atoms with Gasteiger partial charge in [0.1, 0.15) is 0 Å². The van der Waals surface area contributed by atoms with Gasteiger partial charge in [-0.15, -0.1) is 22.7 Å². The first-order valence-electron chi connectivity index (χ1n) is 9.32. The smallest absolute Gasteiger partial charge is 0.174 e. The zero-order chi connectivity index (χ0) is 20.5. The van der Waals surface area contributed by atoms with Gasteiger partial charge < -0.3 is 10.0 Å². The van der Waals surface area contributed by atoms with Crippen molar-refractivity contribution in [3.05, 3.63) is 41.6 Å². The lowest BCUT2D eigenvalue weighted by Gasteiger charge is -2.23. The Kier molecular flexibility index (Phi) is 10.5. The molecule has 1 unspecified atom stereocenters. The van der Waals surface area contributed by atoms with Crippen LogP contribution in [0.3, 0.4) is 0 Å². The SMILES string of the molecule is CC(O)CN(CCCCCC(=O)c1ccc(Br)s1)CCC(=O)c1ccc(Br)s1. The lowest BCUT2D eigenvalue weighted by Crippen LogP contribution is -2.33. The molecule has 0 spiro atoms. The Balaban J connectivity index is 1.69. The Morgan fingerprint density at radius 2 is 1.50 bits per heavy atom. The van der Waals surface area contributed by atoms with E-state index in [-0.39, 0.29) is 11.6 Å². The maximum absolute atomic E-state index is 12.3. The van der Waals surface area contributed by atoms with Crippen LogP contribution >= 0.6 is 54.5 Å². The summed E-state index contributed by atoms with van der Waals surface area (Å²) >= 11 is 9.70. The molecule has 0 aliphatic rings. The van der Waals surface area contributed by atoms with Crippen LogP contribution in [0.5, 0.6) is 0 Å². The summed E-state index contributed by atoms with van der Waals surface area (Å²) in [5, 5.41) is 9.73. The molecule has 2 aromatic rings. The first-order chi connectivity index (χ1) is 13.3. The Bertz CT molecular complexity index is 773. The van der Waals surface area contributed by atoms with E-state index in [9.17, 15) is 14.7 Å². The molecule has 0 radical (unpaired) electrons. The van der Waals surface area contributed by atoms with Gasteiger partial charge in [0.25, 0.3) is 0 Å². The van der Waals surface area contributed by atoms with Crippen molar-refractivity contribution in [2.24, 2.45) is 0 Å².